The molecule has 22 heavy (non-hydrogen) atoms. The Kier molecular flexibility index (Phi) is 7.01. The van der Waals surface area contributed by atoms with Crippen LogP contribution in [0.25, 0.3) is 0 Å². The van der Waals surface area contributed by atoms with Crippen LogP contribution in [0.3, 0.4) is 0 Å². The van der Waals surface area contributed by atoms with Gasteiger partial charge in [-0.2, -0.15) is 0 Å². The van der Waals surface area contributed by atoms with Gasteiger partial charge in [-0.25, -0.2) is 0 Å². The van der Waals surface area contributed by atoms with Crippen LogP contribution in [0.4, 0.5) is 0 Å². The molecule has 0 atom stereocenters. The summed E-state index contributed by atoms with van der Waals surface area (Å²) in [5, 5.41) is 5.13. The number of allylic oxidation sites excluding steroid dienone is 8. The second-order valence-electron chi connectivity index (χ2n) is 8.09. The van der Waals surface area contributed by atoms with Crippen LogP contribution in [0.2, 0.25) is 39.3 Å². The summed E-state index contributed by atoms with van der Waals surface area (Å²) < 4.78 is 0. The van der Waals surface area contributed by atoms with E-state index in [1.807, 2.05) is 0 Å². The zero-order valence-electron chi connectivity index (χ0n) is 14.5. The molecule has 0 heterocycles. The van der Waals surface area contributed by atoms with Crippen molar-refractivity contribution in [2.45, 2.75) is 58.5 Å². The summed E-state index contributed by atoms with van der Waals surface area (Å²) in [5.41, 5.74) is 2.74. The molecule has 0 N–H and O–H groups in total. The standard InChI is InChI=1S/C17H26Cl2Si2.Hf/c1-20(2,3)16-9-7-14(18)12(16)11-13-15(19)8-10-17(13)21(4,5)6;/h9-10H,7-8,11H2,1-6H3;. The van der Waals surface area contributed by atoms with E-state index in [9.17, 15) is 0 Å². The Morgan fingerprint density at radius 1 is 0.773 bits per heavy atom. The first kappa shape index (κ1) is 20.9. The van der Waals surface area contributed by atoms with Crippen molar-refractivity contribution < 1.29 is 25.8 Å². The SMILES string of the molecule is C[Si](C)(C)C1=CCC(Cl)=C1CC1=C(Cl)CC=C1[Si](C)(C)C.[Hf]. The molecule has 0 aromatic rings. The zero-order chi connectivity index (χ0) is 16.0. The second-order valence-corrected chi connectivity index (χ2v) is 19.1. The van der Waals surface area contributed by atoms with Crippen molar-refractivity contribution in [3.63, 3.8) is 0 Å². The average Bonchev–Trinajstić information content (AvgIpc) is 2.84. The topological polar surface area (TPSA) is 0 Å². The maximum atomic E-state index is 6.54. The molecule has 0 radical (unpaired) electrons. The van der Waals surface area contributed by atoms with Gasteiger partial charge in [0.25, 0.3) is 0 Å². The number of halogens is 2. The first-order valence-corrected chi connectivity index (χ1v) is 15.4. The molecule has 2 aliphatic rings. The monoisotopic (exact) mass is 536 g/mol. The summed E-state index contributed by atoms with van der Waals surface area (Å²) in [4.78, 5) is 0. The van der Waals surface area contributed by atoms with Crippen LogP contribution in [0.1, 0.15) is 19.3 Å². The van der Waals surface area contributed by atoms with E-state index < -0.39 is 16.1 Å². The van der Waals surface area contributed by atoms with E-state index in [1.165, 1.54) is 21.5 Å². The fourth-order valence-corrected chi connectivity index (χ4v) is 7.61. The Labute approximate surface area is 166 Å². The smallest absolute Gasteiger partial charge is 0.0776 e. The normalized spacial score (nSPS) is 19.5. The van der Waals surface area contributed by atoms with Gasteiger partial charge < -0.3 is 0 Å². The zero-order valence-corrected chi connectivity index (χ0v) is 21.6. The van der Waals surface area contributed by atoms with E-state index in [1.54, 1.807) is 0 Å². The molecule has 0 unspecified atom stereocenters. The summed E-state index contributed by atoms with van der Waals surface area (Å²) in [7, 11) is -2.69. The van der Waals surface area contributed by atoms with Crippen molar-refractivity contribution >= 4 is 39.3 Å². The van der Waals surface area contributed by atoms with Gasteiger partial charge >= 0.3 is 0 Å². The molecule has 0 aliphatic heterocycles. The first-order valence-electron chi connectivity index (χ1n) is 7.69. The van der Waals surface area contributed by atoms with Crippen molar-refractivity contribution in [1.29, 1.82) is 0 Å². The second kappa shape index (κ2) is 7.39. The molecule has 0 nitrogen and oxygen atoms in total. The van der Waals surface area contributed by atoms with Gasteiger partial charge in [-0.05, 0) is 17.6 Å². The van der Waals surface area contributed by atoms with E-state index in [2.05, 4.69) is 51.4 Å². The minimum atomic E-state index is -1.35. The molecule has 0 amide bonds. The molecular formula is C17H26Cl2HfSi2. The number of rotatable bonds is 4. The van der Waals surface area contributed by atoms with E-state index >= 15 is 0 Å². The summed E-state index contributed by atoms with van der Waals surface area (Å²) >= 11 is 13.1. The Hall–Kier alpha value is 0.844. The van der Waals surface area contributed by atoms with Crippen molar-refractivity contribution in [2.24, 2.45) is 0 Å². The molecule has 0 fully saturated rings. The quantitative estimate of drug-likeness (QED) is 0.348. The summed E-state index contributed by atoms with van der Waals surface area (Å²) in [6.07, 6.45) is 7.46. The maximum absolute atomic E-state index is 6.54. The van der Waals surface area contributed by atoms with Crippen LogP contribution in [-0.4, -0.2) is 16.1 Å². The molecule has 0 saturated heterocycles. The van der Waals surface area contributed by atoms with Crippen LogP contribution in [0.5, 0.6) is 0 Å². The predicted octanol–water partition coefficient (Wildman–Crippen LogP) is 6.77. The Morgan fingerprint density at radius 3 is 1.36 bits per heavy atom. The van der Waals surface area contributed by atoms with Crippen molar-refractivity contribution in [3.8, 4) is 0 Å². The number of hydrogen-bond donors (Lipinski definition) is 0. The van der Waals surface area contributed by atoms with Crippen LogP contribution in [0.15, 0.2) is 43.8 Å². The van der Waals surface area contributed by atoms with Gasteiger partial charge in [-0.1, -0.05) is 85.0 Å². The fourth-order valence-electron chi connectivity index (χ4n) is 3.25. The van der Waals surface area contributed by atoms with E-state index in [-0.39, 0.29) is 25.8 Å². The van der Waals surface area contributed by atoms with Crippen LogP contribution >= 0.6 is 23.2 Å². The van der Waals surface area contributed by atoms with Gasteiger partial charge in [0.2, 0.25) is 0 Å². The fraction of sp³-hybridized carbons (Fsp3) is 0.529. The third-order valence-electron chi connectivity index (χ3n) is 4.25. The molecule has 0 aromatic carbocycles. The summed E-state index contributed by atoms with van der Waals surface area (Å²) in [5.74, 6) is 0. The molecule has 0 spiro atoms. The minimum Gasteiger partial charge on any atom is -0.0885 e. The largest absolute Gasteiger partial charge is 0.0885 e. The molecular weight excluding hydrogens is 510 g/mol. The summed E-state index contributed by atoms with van der Waals surface area (Å²) in [6.45, 7) is 14.4. The maximum Gasteiger partial charge on any atom is 0.0776 e. The van der Waals surface area contributed by atoms with Crippen molar-refractivity contribution in [2.75, 3.05) is 0 Å². The van der Waals surface area contributed by atoms with Crippen LogP contribution in [0, 0.1) is 0 Å². The van der Waals surface area contributed by atoms with Gasteiger partial charge in [0, 0.05) is 48.7 Å². The van der Waals surface area contributed by atoms with E-state index in [0.29, 0.717) is 0 Å². The molecule has 2 rings (SSSR count). The van der Waals surface area contributed by atoms with Gasteiger partial charge in [-0.3, -0.25) is 0 Å². The third kappa shape index (κ3) is 4.47. The molecule has 120 valence electrons. The van der Waals surface area contributed by atoms with Gasteiger partial charge in [0.05, 0.1) is 16.1 Å². The van der Waals surface area contributed by atoms with E-state index in [4.69, 9.17) is 23.2 Å². The third-order valence-corrected chi connectivity index (χ3v) is 9.25. The van der Waals surface area contributed by atoms with E-state index in [0.717, 1.165) is 29.3 Å². The molecule has 0 aromatic heterocycles. The van der Waals surface area contributed by atoms with Gasteiger partial charge in [0.1, 0.15) is 0 Å². The molecule has 2 aliphatic carbocycles. The van der Waals surface area contributed by atoms with Gasteiger partial charge in [-0.15, -0.1) is 0 Å². The number of hydrogen-bond acceptors (Lipinski definition) is 0. The summed E-state index contributed by atoms with van der Waals surface area (Å²) in [6, 6.07) is 0. The van der Waals surface area contributed by atoms with Crippen molar-refractivity contribution in [3.05, 3.63) is 43.8 Å². The Morgan fingerprint density at radius 2 is 1.09 bits per heavy atom. The molecule has 0 bridgehead atoms. The predicted molar refractivity (Wildman–Crippen MR) is 102 cm³/mol. The average molecular weight is 536 g/mol. The Bertz CT molecular complexity index is 533. The molecule has 5 heteroatoms. The van der Waals surface area contributed by atoms with Crippen LogP contribution in [-0.2, 0) is 25.8 Å². The minimum absolute atomic E-state index is 0. The molecule has 0 saturated carbocycles. The Balaban J connectivity index is 0.00000242. The van der Waals surface area contributed by atoms with Gasteiger partial charge in [0.15, 0.2) is 0 Å². The first-order chi connectivity index (χ1) is 9.51. The van der Waals surface area contributed by atoms with Crippen molar-refractivity contribution in [1.82, 2.24) is 0 Å². The van der Waals surface area contributed by atoms with Crippen LogP contribution < -0.4 is 0 Å².